The first-order chi connectivity index (χ1) is 9.74. The van der Waals surface area contributed by atoms with E-state index in [9.17, 15) is 4.79 Å². The highest BCUT2D eigenvalue weighted by molar-refractivity contribution is 7.17. The predicted octanol–water partition coefficient (Wildman–Crippen LogP) is 4.16. The first-order valence-electron chi connectivity index (χ1n) is 7.06. The van der Waals surface area contributed by atoms with Gasteiger partial charge in [0.25, 0.3) is 0 Å². The minimum atomic E-state index is 0.332. The second kappa shape index (κ2) is 5.37. The number of aldehydes is 1. The molecule has 1 atom stereocenters. The zero-order valence-electron chi connectivity index (χ0n) is 11.8. The summed E-state index contributed by atoms with van der Waals surface area (Å²) >= 11 is 1.51. The van der Waals surface area contributed by atoms with Crippen LogP contribution >= 0.6 is 11.3 Å². The van der Waals surface area contributed by atoms with Gasteiger partial charge in [-0.25, -0.2) is 4.98 Å². The molecular formula is C16H18N2OS. The van der Waals surface area contributed by atoms with E-state index in [1.807, 2.05) is 0 Å². The normalized spacial score (nSPS) is 15.2. The Morgan fingerprint density at radius 1 is 1.45 bits per heavy atom. The standard InChI is InChI=1S/C16H18N2OS/c1-3-11(2)15-14(10-19)20-16(17-15)18-9-8-12-6-4-5-7-13(12)18/h4-7,10-11H,3,8-9H2,1-2H3. The molecule has 0 amide bonds. The molecule has 0 aliphatic carbocycles. The minimum Gasteiger partial charge on any atom is -0.317 e. The van der Waals surface area contributed by atoms with Gasteiger partial charge in [0, 0.05) is 12.2 Å². The molecule has 0 bridgehead atoms. The molecule has 4 heteroatoms. The second-order valence-corrected chi connectivity index (χ2v) is 6.21. The SMILES string of the molecule is CCC(C)c1nc(N2CCc3ccccc32)sc1C=O. The van der Waals surface area contributed by atoms with Crippen LogP contribution < -0.4 is 4.90 Å². The Hall–Kier alpha value is -1.68. The molecule has 20 heavy (non-hydrogen) atoms. The van der Waals surface area contributed by atoms with Crippen LogP contribution in [-0.2, 0) is 6.42 Å². The Bertz CT molecular complexity index is 635. The fourth-order valence-electron chi connectivity index (χ4n) is 2.61. The van der Waals surface area contributed by atoms with Gasteiger partial charge in [-0.15, -0.1) is 0 Å². The number of carbonyl (C=O) groups is 1. The van der Waals surface area contributed by atoms with Gasteiger partial charge in [0.2, 0.25) is 0 Å². The number of thiazole rings is 1. The molecule has 0 radical (unpaired) electrons. The molecule has 1 aliphatic rings. The third-order valence-corrected chi connectivity index (χ3v) is 4.99. The number of nitrogens with zero attached hydrogens (tertiary/aromatic N) is 2. The maximum Gasteiger partial charge on any atom is 0.190 e. The Morgan fingerprint density at radius 2 is 2.25 bits per heavy atom. The summed E-state index contributed by atoms with van der Waals surface area (Å²) in [6, 6.07) is 8.43. The van der Waals surface area contributed by atoms with Crippen molar-refractivity contribution in [1.82, 2.24) is 4.98 Å². The van der Waals surface area contributed by atoms with Crippen LogP contribution in [-0.4, -0.2) is 17.8 Å². The molecule has 0 saturated carbocycles. The van der Waals surface area contributed by atoms with E-state index in [1.165, 1.54) is 22.6 Å². The third kappa shape index (κ3) is 2.14. The average molecular weight is 286 g/mol. The van der Waals surface area contributed by atoms with Crippen molar-refractivity contribution in [3.63, 3.8) is 0 Å². The number of anilines is 2. The van der Waals surface area contributed by atoms with E-state index in [0.29, 0.717) is 5.92 Å². The van der Waals surface area contributed by atoms with Crippen LogP contribution in [0.1, 0.15) is 47.1 Å². The first-order valence-corrected chi connectivity index (χ1v) is 7.87. The van der Waals surface area contributed by atoms with Crippen molar-refractivity contribution in [2.75, 3.05) is 11.4 Å². The second-order valence-electron chi connectivity index (χ2n) is 5.20. The number of rotatable bonds is 4. The summed E-state index contributed by atoms with van der Waals surface area (Å²) in [5.41, 5.74) is 3.54. The first kappa shape index (κ1) is 13.3. The maximum atomic E-state index is 11.3. The van der Waals surface area contributed by atoms with E-state index in [4.69, 9.17) is 4.98 Å². The Kier molecular flexibility index (Phi) is 3.57. The van der Waals surface area contributed by atoms with Crippen molar-refractivity contribution >= 4 is 28.4 Å². The number of hydrogen-bond acceptors (Lipinski definition) is 4. The maximum absolute atomic E-state index is 11.3. The molecule has 1 aromatic carbocycles. The summed E-state index contributed by atoms with van der Waals surface area (Å²) < 4.78 is 0. The van der Waals surface area contributed by atoms with E-state index >= 15 is 0 Å². The van der Waals surface area contributed by atoms with Crippen LogP contribution in [0.3, 0.4) is 0 Å². The summed E-state index contributed by atoms with van der Waals surface area (Å²) in [5.74, 6) is 0.332. The Morgan fingerprint density at radius 3 is 3.00 bits per heavy atom. The molecule has 1 unspecified atom stereocenters. The highest BCUT2D eigenvalue weighted by atomic mass is 32.1. The summed E-state index contributed by atoms with van der Waals surface area (Å²) in [5, 5.41) is 0.951. The smallest absolute Gasteiger partial charge is 0.190 e. The molecule has 0 saturated heterocycles. The summed E-state index contributed by atoms with van der Waals surface area (Å²) in [6.07, 6.45) is 3.00. The fourth-order valence-corrected chi connectivity index (χ4v) is 3.65. The van der Waals surface area contributed by atoms with Gasteiger partial charge in [-0.05, 0) is 30.4 Å². The van der Waals surface area contributed by atoms with Crippen molar-refractivity contribution in [2.45, 2.75) is 32.6 Å². The lowest BCUT2D eigenvalue weighted by atomic mass is 10.0. The molecule has 3 rings (SSSR count). The fraction of sp³-hybridized carbons (Fsp3) is 0.375. The minimum absolute atomic E-state index is 0.332. The van der Waals surface area contributed by atoms with Gasteiger partial charge < -0.3 is 4.90 Å². The summed E-state index contributed by atoms with van der Waals surface area (Å²) in [4.78, 5) is 19.0. The van der Waals surface area contributed by atoms with E-state index in [2.05, 4.69) is 43.0 Å². The van der Waals surface area contributed by atoms with Gasteiger partial charge in [0.15, 0.2) is 11.4 Å². The quantitative estimate of drug-likeness (QED) is 0.791. The average Bonchev–Trinajstić information content (AvgIpc) is 3.09. The van der Waals surface area contributed by atoms with Crippen molar-refractivity contribution in [3.05, 3.63) is 40.4 Å². The number of benzene rings is 1. The molecule has 0 N–H and O–H groups in total. The van der Waals surface area contributed by atoms with Crippen LogP contribution in [0.15, 0.2) is 24.3 Å². The highest BCUT2D eigenvalue weighted by Gasteiger charge is 2.25. The lowest BCUT2D eigenvalue weighted by Crippen LogP contribution is -2.13. The van der Waals surface area contributed by atoms with Crippen LogP contribution in [0, 0.1) is 0 Å². The number of hydrogen-bond donors (Lipinski definition) is 0. The number of aromatic nitrogens is 1. The summed E-state index contributed by atoms with van der Waals surface area (Å²) in [7, 11) is 0. The van der Waals surface area contributed by atoms with Crippen LogP contribution in [0.25, 0.3) is 0 Å². The summed E-state index contributed by atoms with van der Waals surface area (Å²) in [6.45, 7) is 5.21. The molecule has 1 aromatic heterocycles. The van der Waals surface area contributed by atoms with Gasteiger partial charge in [-0.3, -0.25) is 4.79 Å². The Labute approximate surface area is 123 Å². The van der Waals surface area contributed by atoms with Gasteiger partial charge in [0.05, 0.1) is 10.6 Å². The lowest BCUT2D eigenvalue weighted by molar-refractivity contribution is 0.112. The number of para-hydroxylation sites is 1. The van der Waals surface area contributed by atoms with E-state index in [0.717, 1.165) is 41.4 Å². The third-order valence-electron chi connectivity index (χ3n) is 3.97. The van der Waals surface area contributed by atoms with Gasteiger partial charge in [0.1, 0.15) is 0 Å². The monoisotopic (exact) mass is 286 g/mol. The van der Waals surface area contributed by atoms with E-state index in [1.54, 1.807) is 0 Å². The van der Waals surface area contributed by atoms with E-state index in [-0.39, 0.29) is 0 Å². The van der Waals surface area contributed by atoms with Crippen LogP contribution in [0.2, 0.25) is 0 Å². The number of carbonyl (C=O) groups excluding carboxylic acids is 1. The van der Waals surface area contributed by atoms with Gasteiger partial charge in [-0.1, -0.05) is 43.4 Å². The molecule has 0 fully saturated rings. The molecule has 2 heterocycles. The van der Waals surface area contributed by atoms with Crippen molar-refractivity contribution in [1.29, 1.82) is 0 Å². The number of fused-ring (bicyclic) bond motifs is 1. The van der Waals surface area contributed by atoms with Crippen molar-refractivity contribution in [3.8, 4) is 0 Å². The van der Waals surface area contributed by atoms with Crippen LogP contribution in [0.4, 0.5) is 10.8 Å². The van der Waals surface area contributed by atoms with Crippen molar-refractivity contribution in [2.24, 2.45) is 0 Å². The molecule has 104 valence electrons. The molecule has 1 aliphatic heterocycles. The molecule has 3 nitrogen and oxygen atoms in total. The highest BCUT2D eigenvalue weighted by Crippen LogP contribution is 2.38. The zero-order valence-corrected chi connectivity index (χ0v) is 12.6. The molecule has 0 spiro atoms. The van der Waals surface area contributed by atoms with E-state index < -0.39 is 0 Å². The zero-order chi connectivity index (χ0) is 14.1. The molecular weight excluding hydrogens is 268 g/mol. The predicted molar refractivity (Wildman–Crippen MR) is 83.4 cm³/mol. The van der Waals surface area contributed by atoms with Gasteiger partial charge >= 0.3 is 0 Å². The largest absolute Gasteiger partial charge is 0.317 e. The topological polar surface area (TPSA) is 33.2 Å². The lowest BCUT2D eigenvalue weighted by Gasteiger charge is -2.15. The molecule has 2 aromatic rings. The Balaban J connectivity index is 2.00. The van der Waals surface area contributed by atoms with Crippen molar-refractivity contribution < 1.29 is 4.79 Å². The van der Waals surface area contributed by atoms with Gasteiger partial charge in [-0.2, -0.15) is 0 Å². The van der Waals surface area contributed by atoms with Crippen LogP contribution in [0.5, 0.6) is 0 Å².